The molecule has 2 aliphatic heterocycles. The van der Waals surface area contributed by atoms with Gasteiger partial charge in [0.25, 0.3) is 0 Å². The Morgan fingerprint density at radius 3 is 2.29 bits per heavy atom. The number of amides is 3. The highest BCUT2D eigenvalue weighted by atomic mass is 16.2. The Hall–Kier alpha value is -1.14. The molecule has 6 heteroatoms. The van der Waals surface area contributed by atoms with Gasteiger partial charge in [-0.25, -0.2) is 4.79 Å². The van der Waals surface area contributed by atoms with E-state index in [4.69, 9.17) is 0 Å². The van der Waals surface area contributed by atoms with E-state index in [0.717, 1.165) is 19.5 Å². The molecule has 0 aliphatic carbocycles. The average Bonchev–Trinajstić information content (AvgIpc) is 2.74. The van der Waals surface area contributed by atoms with Crippen molar-refractivity contribution in [3.63, 3.8) is 0 Å². The topological polar surface area (TPSA) is 64.7 Å². The van der Waals surface area contributed by atoms with Gasteiger partial charge in [-0.15, -0.1) is 0 Å². The van der Waals surface area contributed by atoms with Gasteiger partial charge in [0.1, 0.15) is 0 Å². The molecule has 2 aliphatic rings. The number of likely N-dealkylation sites (tertiary alicyclic amines) is 2. The Balaban J connectivity index is 1.77. The van der Waals surface area contributed by atoms with Crippen LogP contribution in [0.4, 0.5) is 4.79 Å². The van der Waals surface area contributed by atoms with Crippen molar-refractivity contribution >= 4 is 11.9 Å². The molecule has 2 rings (SSSR count). The van der Waals surface area contributed by atoms with Gasteiger partial charge in [0.2, 0.25) is 5.91 Å². The first-order valence-electron chi connectivity index (χ1n) is 9.42. The average molecular weight is 338 g/mol. The van der Waals surface area contributed by atoms with Crippen LogP contribution in [0.2, 0.25) is 0 Å². The van der Waals surface area contributed by atoms with E-state index in [-0.39, 0.29) is 11.4 Å². The van der Waals surface area contributed by atoms with Crippen LogP contribution < -0.4 is 10.6 Å². The summed E-state index contributed by atoms with van der Waals surface area (Å²) in [4.78, 5) is 28.7. The van der Waals surface area contributed by atoms with Gasteiger partial charge in [-0.1, -0.05) is 12.8 Å². The zero-order valence-electron chi connectivity index (χ0n) is 15.6. The standard InChI is InChI=1S/C18H34N4O2/c1-18(2,3)20-17(24)19-16(23)14-21-10-8-9-15(13-21)22-11-6-4-5-7-12-22/h15H,4-14H2,1-3H3,(H2,19,20,23,24). The van der Waals surface area contributed by atoms with Gasteiger partial charge in [0.05, 0.1) is 6.54 Å². The molecule has 2 N–H and O–H groups in total. The summed E-state index contributed by atoms with van der Waals surface area (Å²) < 4.78 is 0. The molecule has 0 spiro atoms. The minimum Gasteiger partial charge on any atom is -0.333 e. The first-order chi connectivity index (χ1) is 11.3. The summed E-state index contributed by atoms with van der Waals surface area (Å²) in [6.45, 7) is 10.3. The van der Waals surface area contributed by atoms with Crippen molar-refractivity contribution < 1.29 is 9.59 Å². The third kappa shape index (κ3) is 6.77. The highest BCUT2D eigenvalue weighted by Gasteiger charge is 2.27. The Morgan fingerprint density at radius 1 is 1.00 bits per heavy atom. The molecular weight excluding hydrogens is 304 g/mol. The molecule has 0 bridgehead atoms. The van der Waals surface area contributed by atoms with Crippen LogP contribution in [0.1, 0.15) is 59.3 Å². The summed E-state index contributed by atoms with van der Waals surface area (Å²) >= 11 is 0. The van der Waals surface area contributed by atoms with Gasteiger partial charge < -0.3 is 5.32 Å². The summed E-state index contributed by atoms with van der Waals surface area (Å²) in [5.41, 5.74) is -0.340. The van der Waals surface area contributed by atoms with Crippen LogP contribution in [0.3, 0.4) is 0 Å². The Labute approximate surface area is 146 Å². The molecule has 0 radical (unpaired) electrons. The number of imide groups is 1. The van der Waals surface area contributed by atoms with Gasteiger partial charge in [0, 0.05) is 18.1 Å². The van der Waals surface area contributed by atoms with Gasteiger partial charge in [-0.2, -0.15) is 0 Å². The number of urea groups is 1. The predicted octanol–water partition coefficient (Wildman–Crippen LogP) is 1.95. The third-order valence-corrected chi connectivity index (χ3v) is 4.75. The van der Waals surface area contributed by atoms with Crippen LogP contribution in [0.5, 0.6) is 0 Å². The Bertz CT molecular complexity index is 425. The molecule has 24 heavy (non-hydrogen) atoms. The van der Waals surface area contributed by atoms with Gasteiger partial charge in [0.15, 0.2) is 0 Å². The van der Waals surface area contributed by atoms with Crippen molar-refractivity contribution in [2.24, 2.45) is 0 Å². The van der Waals surface area contributed by atoms with Crippen LogP contribution in [0.15, 0.2) is 0 Å². The fraction of sp³-hybridized carbons (Fsp3) is 0.889. The summed E-state index contributed by atoms with van der Waals surface area (Å²) in [6, 6.07) is 0.154. The molecule has 2 fully saturated rings. The molecule has 0 aromatic heterocycles. The minimum absolute atomic E-state index is 0.215. The van der Waals surface area contributed by atoms with Crippen LogP contribution in [0, 0.1) is 0 Å². The van der Waals surface area contributed by atoms with Crippen molar-refractivity contribution in [3.8, 4) is 0 Å². The number of carbonyl (C=O) groups excluding carboxylic acids is 2. The van der Waals surface area contributed by atoms with Crippen LogP contribution in [0.25, 0.3) is 0 Å². The monoisotopic (exact) mass is 338 g/mol. The lowest BCUT2D eigenvalue weighted by atomic mass is 10.0. The van der Waals surface area contributed by atoms with Crippen molar-refractivity contribution in [1.82, 2.24) is 20.4 Å². The fourth-order valence-corrected chi connectivity index (χ4v) is 3.67. The molecule has 2 saturated heterocycles. The number of piperidine rings is 1. The van der Waals surface area contributed by atoms with Crippen LogP contribution in [-0.2, 0) is 4.79 Å². The van der Waals surface area contributed by atoms with Crippen molar-refractivity contribution in [3.05, 3.63) is 0 Å². The van der Waals surface area contributed by atoms with Crippen LogP contribution in [-0.4, -0.2) is 66.0 Å². The molecule has 0 aromatic rings. The summed E-state index contributed by atoms with van der Waals surface area (Å²) in [5, 5.41) is 5.20. The molecule has 138 valence electrons. The zero-order chi connectivity index (χ0) is 17.6. The maximum Gasteiger partial charge on any atom is 0.321 e. The molecule has 0 aromatic carbocycles. The van der Waals surface area contributed by atoms with E-state index in [9.17, 15) is 9.59 Å². The minimum atomic E-state index is -0.409. The fourth-order valence-electron chi connectivity index (χ4n) is 3.67. The third-order valence-electron chi connectivity index (χ3n) is 4.75. The van der Waals surface area contributed by atoms with E-state index in [0.29, 0.717) is 12.6 Å². The first kappa shape index (κ1) is 19.2. The van der Waals surface area contributed by atoms with E-state index >= 15 is 0 Å². The van der Waals surface area contributed by atoms with Crippen molar-refractivity contribution in [2.45, 2.75) is 70.9 Å². The smallest absolute Gasteiger partial charge is 0.321 e. The van der Waals surface area contributed by atoms with Crippen LogP contribution >= 0.6 is 0 Å². The highest BCUT2D eigenvalue weighted by Crippen LogP contribution is 2.19. The lowest BCUT2D eigenvalue weighted by Gasteiger charge is -2.38. The largest absolute Gasteiger partial charge is 0.333 e. The van der Waals surface area contributed by atoms with E-state index in [2.05, 4.69) is 20.4 Å². The van der Waals surface area contributed by atoms with Gasteiger partial charge in [-0.05, 0) is 66.1 Å². The van der Waals surface area contributed by atoms with E-state index in [1.165, 1.54) is 45.2 Å². The lowest BCUT2D eigenvalue weighted by molar-refractivity contribution is -0.121. The zero-order valence-corrected chi connectivity index (χ0v) is 15.6. The molecular formula is C18H34N4O2. The summed E-state index contributed by atoms with van der Waals surface area (Å²) in [6.07, 6.45) is 7.63. The second kappa shape index (κ2) is 8.81. The molecule has 3 amide bonds. The molecule has 0 saturated carbocycles. The highest BCUT2D eigenvalue weighted by molar-refractivity contribution is 5.95. The lowest BCUT2D eigenvalue weighted by Crippen LogP contribution is -2.53. The molecule has 6 nitrogen and oxygen atoms in total. The normalized spacial score (nSPS) is 24.2. The van der Waals surface area contributed by atoms with Gasteiger partial charge in [-0.3, -0.25) is 19.9 Å². The number of nitrogens with one attached hydrogen (secondary N) is 2. The number of hydrogen-bond acceptors (Lipinski definition) is 4. The van der Waals surface area contributed by atoms with Gasteiger partial charge >= 0.3 is 6.03 Å². The Morgan fingerprint density at radius 2 is 1.67 bits per heavy atom. The predicted molar refractivity (Wildman–Crippen MR) is 95.9 cm³/mol. The Kier molecular flexibility index (Phi) is 7.04. The second-order valence-electron chi connectivity index (χ2n) is 8.23. The molecule has 1 unspecified atom stereocenters. The molecule has 2 heterocycles. The maximum absolute atomic E-state index is 12.1. The van der Waals surface area contributed by atoms with E-state index in [1.807, 2.05) is 20.8 Å². The second-order valence-corrected chi connectivity index (χ2v) is 8.23. The molecule has 1 atom stereocenters. The number of carbonyl (C=O) groups is 2. The summed E-state index contributed by atoms with van der Waals surface area (Å²) in [7, 11) is 0. The first-order valence-corrected chi connectivity index (χ1v) is 9.42. The summed E-state index contributed by atoms with van der Waals surface area (Å²) in [5.74, 6) is -0.215. The number of rotatable bonds is 3. The van der Waals surface area contributed by atoms with Crippen molar-refractivity contribution in [2.75, 3.05) is 32.7 Å². The van der Waals surface area contributed by atoms with E-state index in [1.54, 1.807) is 0 Å². The number of hydrogen-bond donors (Lipinski definition) is 2. The number of nitrogens with zero attached hydrogens (tertiary/aromatic N) is 2. The SMILES string of the molecule is CC(C)(C)NC(=O)NC(=O)CN1CCCC(N2CCCCCC2)C1. The van der Waals surface area contributed by atoms with E-state index < -0.39 is 6.03 Å². The quantitative estimate of drug-likeness (QED) is 0.825. The van der Waals surface area contributed by atoms with Crippen molar-refractivity contribution in [1.29, 1.82) is 0 Å². The maximum atomic E-state index is 12.1.